The van der Waals surface area contributed by atoms with Crippen molar-refractivity contribution in [3.8, 4) is 5.75 Å². The lowest BCUT2D eigenvalue weighted by atomic mass is 9.81. The third-order valence-corrected chi connectivity index (χ3v) is 4.44. The number of rotatable bonds is 6. The standard InChI is InChI=1S/C18H28N2O2.ClH/c1-14(2)15-4-6-16(7-5-15)22-12-17(21)20-13-18(3)8-10-19-11-9-18;/h4-7,14,19H,8-13H2,1-3H3,(H,20,21);1H. The van der Waals surface area contributed by atoms with Gasteiger partial charge in [-0.05, 0) is 55.0 Å². The molecule has 0 spiro atoms. The molecule has 4 nitrogen and oxygen atoms in total. The van der Waals surface area contributed by atoms with Crippen molar-refractivity contribution in [2.45, 2.75) is 39.5 Å². The molecule has 1 amide bonds. The molecule has 0 atom stereocenters. The second-order valence-corrected chi connectivity index (χ2v) is 6.85. The number of carbonyl (C=O) groups excluding carboxylic acids is 1. The Morgan fingerprint density at radius 1 is 1.26 bits per heavy atom. The first kappa shape index (κ1) is 19.8. The zero-order valence-corrected chi connectivity index (χ0v) is 15.2. The van der Waals surface area contributed by atoms with Gasteiger partial charge < -0.3 is 15.4 Å². The van der Waals surface area contributed by atoms with Crippen LogP contribution >= 0.6 is 12.4 Å². The van der Waals surface area contributed by atoms with Crippen LogP contribution in [0.2, 0.25) is 0 Å². The van der Waals surface area contributed by atoms with E-state index in [-0.39, 0.29) is 30.3 Å². The van der Waals surface area contributed by atoms with Gasteiger partial charge in [0.05, 0.1) is 0 Å². The molecular weight excluding hydrogens is 312 g/mol. The number of hydrogen-bond acceptors (Lipinski definition) is 3. The molecular formula is C18H29ClN2O2. The van der Waals surface area contributed by atoms with Gasteiger partial charge in [-0.25, -0.2) is 0 Å². The summed E-state index contributed by atoms with van der Waals surface area (Å²) in [6, 6.07) is 7.95. The summed E-state index contributed by atoms with van der Waals surface area (Å²) in [6.07, 6.45) is 2.20. The zero-order valence-electron chi connectivity index (χ0n) is 14.4. The van der Waals surface area contributed by atoms with Crippen LogP contribution in [0, 0.1) is 5.41 Å². The first-order valence-electron chi connectivity index (χ1n) is 8.19. The highest BCUT2D eigenvalue weighted by Crippen LogP contribution is 2.26. The van der Waals surface area contributed by atoms with Crippen LogP contribution in [-0.4, -0.2) is 32.1 Å². The van der Waals surface area contributed by atoms with Crippen molar-refractivity contribution < 1.29 is 9.53 Å². The fourth-order valence-corrected chi connectivity index (χ4v) is 2.67. The van der Waals surface area contributed by atoms with Crippen molar-refractivity contribution in [3.05, 3.63) is 29.8 Å². The molecule has 1 fully saturated rings. The Morgan fingerprint density at radius 2 is 1.87 bits per heavy atom. The number of carbonyl (C=O) groups is 1. The highest BCUT2D eigenvalue weighted by molar-refractivity contribution is 5.85. The van der Waals surface area contributed by atoms with Gasteiger partial charge in [0.2, 0.25) is 0 Å². The molecule has 1 saturated heterocycles. The summed E-state index contributed by atoms with van der Waals surface area (Å²) in [4.78, 5) is 11.9. The molecule has 23 heavy (non-hydrogen) atoms. The van der Waals surface area contributed by atoms with E-state index >= 15 is 0 Å². The van der Waals surface area contributed by atoms with Crippen molar-refractivity contribution in [1.29, 1.82) is 0 Å². The smallest absolute Gasteiger partial charge is 0.257 e. The summed E-state index contributed by atoms with van der Waals surface area (Å²) in [6.45, 7) is 9.42. The Hall–Kier alpha value is -1.26. The minimum absolute atomic E-state index is 0. The van der Waals surface area contributed by atoms with E-state index in [0.29, 0.717) is 5.92 Å². The number of piperidine rings is 1. The fraction of sp³-hybridized carbons (Fsp3) is 0.611. The van der Waals surface area contributed by atoms with Gasteiger partial charge in [0.1, 0.15) is 5.75 Å². The van der Waals surface area contributed by atoms with Crippen molar-refractivity contribution in [1.82, 2.24) is 10.6 Å². The predicted molar refractivity (Wildman–Crippen MR) is 96.5 cm³/mol. The highest BCUT2D eigenvalue weighted by atomic mass is 35.5. The minimum Gasteiger partial charge on any atom is -0.484 e. The summed E-state index contributed by atoms with van der Waals surface area (Å²) in [5.74, 6) is 1.20. The summed E-state index contributed by atoms with van der Waals surface area (Å²) in [7, 11) is 0. The molecule has 0 radical (unpaired) electrons. The first-order valence-corrected chi connectivity index (χ1v) is 8.19. The second-order valence-electron chi connectivity index (χ2n) is 6.85. The molecule has 130 valence electrons. The second kappa shape index (κ2) is 9.14. The van der Waals surface area contributed by atoms with Gasteiger partial charge in [-0.1, -0.05) is 32.9 Å². The number of amides is 1. The van der Waals surface area contributed by atoms with E-state index < -0.39 is 0 Å². The molecule has 1 heterocycles. The third-order valence-electron chi connectivity index (χ3n) is 4.44. The SMILES string of the molecule is CC(C)c1ccc(OCC(=O)NCC2(C)CCNCC2)cc1.Cl. The largest absolute Gasteiger partial charge is 0.484 e. The fourth-order valence-electron chi connectivity index (χ4n) is 2.67. The van der Waals surface area contributed by atoms with Crippen LogP contribution in [0.15, 0.2) is 24.3 Å². The van der Waals surface area contributed by atoms with Gasteiger partial charge in [0, 0.05) is 6.54 Å². The Balaban J connectivity index is 0.00000264. The van der Waals surface area contributed by atoms with Crippen LogP contribution in [0.1, 0.15) is 45.1 Å². The quantitative estimate of drug-likeness (QED) is 0.836. The van der Waals surface area contributed by atoms with E-state index in [2.05, 4.69) is 31.4 Å². The van der Waals surface area contributed by atoms with Crippen molar-refractivity contribution in [2.24, 2.45) is 5.41 Å². The Labute approximate surface area is 145 Å². The lowest BCUT2D eigenvalue weighted by Gasteiger charge is -2.34. The third kappa shape index (κ3) is 6.40. The molecule has 0 unspecified atom stereocenters. The summed E-state index contributed by atoms with van der Waals surface area (Å²) < 4.78 is 5.55. The zero-order chi connectivity index (χ0) is 16.0. The average molecular weight is 341 g/mol. The summed E-state index contributed by atoms with van der Waals surface area (Å²) >= 11 is 0. The molecule has 0 bridgehead atoms. The normalized spacial score (nSPS) is 16.5. The lowest BCUT2D eigenvalue weighted by Crippen LogP contribution is -2.43. The lowest BCUT2D eigenvalue weighted by molar-refractivity contribution is -0.123. The summed E-state index contributed by atoms with van der Waals surface area (Å²) in [5, 5.41) is 6.35. The number of benzene rings is 1. The molecule has 0 aliphatic carbocycles. The molecule has 1 aromatic rings. The van der Waals surface area contributed by atoms with Crippen LogP contribution < -0.4 is 15.4 Å². The van der Waals surface area contributed by atoms with Gasteiger partial charge in [-0.3, -0.25) is 4.79 Å². The van der Waals surface area contributed by atoms with Crippen LogP contribution in [0.5, 0.6) is 5.75 Å². The van der Waals surface area contributed by atoms with Gasteiger partial charge in [-0.2, -0.15) is 0 Å². The molecule has 0 saturated carbocycles. The highest BCUT2D eigenvalue weighted by Gasteiger charge is 2.26. The van der Waals surface area contributed by atoms with Crippen LogP contribution in [-0.2, 0) is 4.79 Å². The first-order chi connectivity index (χ1) is 10.5. The number of nitrogens with one attached hydrogen (secondary N) is 2. The average Bonchev–Trinajstić information content (AvgIpc) is 2.52. The van der Waals surface area contributed by atoms with Crippen LogP contribution in [0.4, 0.5) is 0 Å². The minimum atomic E-state index is -0.0484. The van der Waals surface area contributed by atoms with E-state index in [4.69, 9.17) is 4.74 Å². The van der Waals surface area contributed by atoms with E-state index in [9.17, 15) is 4.79 Å². The van der Waals surface area contributed by atoms with E-state index in [0.717, 1.165) is 38.2 Å². The maximum Gasteiger partial charge on any atom is 0.257 e. The van der Waals surface area contributed by atoms with Gasteiger partial charge in [0.15, 0.2) is 6.61 Å². The Kier molecular flexibility index (Phi) is 7.86. The molecule has 1 aliphatic heterocycles. The molecule has 1 aliphatic rings. The molecule has 1 aromatic carbocycles. The van der Waals surface area contributed by atoms with Gasteiger partial charge in [-0.15, -0.1) is 12.4 Å². The van der Waals surface area contributed by atoms with Crippen LogP contribution in [0.3, 0.4) is 0 Å². The van der Waals surface area contributed by atoms with Crippen molar-refractivity contribution in [2.75, 3.05) is 26.2 Å². The van der Waals surface area contributed by atoms with E-state index in [1.165, 1.54) is 5.56 Å². The van der Waals surface area contributed by atoms with E-state index in [1.54, 1.807) is 0 Å². The maximum atomic E-state index is 11.9. The Bertz CT molecular complexity index is 482. The number of ether oxygens (including phenoxy) is 1. The van der Waals surface area contributed by atoms with Crippen molar-refractivity contribution >= 4 is 18.3 Å². The van der Waals surface area contributed by atoms with Crippen LogP contribution in [0.25, 0.3) is 0 Å². The molecule has 0 aromatic heterocycles. The number of hydrogen-bond donors (Lipinski definition) is 2. The predicted octanol–water partition coefficient (Wildman–Crippen LogP) is 3.12. The summed E-state index contributed by atoms with van der Waals surface area (Å²) in [5.41, 5.74) is 1.48. The van der Waals surface area contributed by atoms with Gasteiger partial charge in [0.25, 0.3) is 5.91 Å². The molecule has 2 rings (SSSR count). The van der Waals surface area contributed by atoms with Gasteiger partial charge >= 0.3 is 0 Å². The van der Waals surface area contributed by atoms with Crippen molar-refractivity contribution in [3.63, 3.8) is 0 Å². The Morgan fingerprint density at radius 3 is 2.43 bits per heavy atom. The monoisotopic (exact) mass is 340 g/mol. The maximum absolute atomic E-state index is 11.9. The topological polar surface area (TPSA) is 50.4 Å². The number of halogens is 1. The molecule has 5 heteroatoms. The molecule has 2 N–H and O–H groups in total. The van der Waals surface area contributed by atoms with E-state index in [1.807, 2.05) is 24.3 Å².